The van der Waals surface area contributed by atoms with Crippen LogP contribution in [0.15, 0.2) is 107 Å². The van der Waals surface area contributed by atoms with Gasteiger partial charge < -0.3 is 39.4 Å². The fourth-order valence-corrected chi connectivity index (χ4v) is 9.34. The van der Waals surface area contributed by atoms with Crippen LogP contribution in [0.3, 0.4) is 0 Å². The first-order chi connectivity index (χ1) is 28.8. The van der Waals surface area contributed by atoms with Crippen LogP contribution in [0.5, 0.6) is 11.5 Å². The maximum atomic E-state index is 13.8. The first-order valence-electron chi connectivity index (χ1n) is 19.1. The molecular weight excluding hydrogens is 844 g/mol. The van der Waals surface area contributed by atoms with Crippen LogP contribution in [0.25, 0.3) is 0 Å². The zero-order chi connectivity index (χ0) is 42.9. The van der Waals surface area contributed by atoms with Gasteiger partial charge >= 0.3 is 11.9 Å². The van der Waals surface area contributed by atoms with Crippen molar-refractivity contribution in [1.29, 1.82) is 0 Å². The van der Waals surface area contributed by atoms with Gasteiger partial charge in [0.15, 0.2) is 0 Å². The van der Waals surface area contributed by atoms with E-state index < -0.39 is 22.1 Å². The molecule has 0 spiro atoms. The number of methoxy groups -OCH3 is 2. The number of benzene rings is 4. The van der Waals surface area contributed by atoms with Crippen LogP contribution in [-0.4, -0.2) is 123 Å². The van der Waals surface area contributed by atoms with E-state index in [9.17, 15) is 9.59 Å². The summed E-state index contributed by atoms with van der Waals surface area (Å²) in [6.45, 7) is 1.45. The van der Waals surface area contributed by atoms with Crippen molar-refractivity contribution in [3.8, 4) is 11.5 Å². The Morgan fingerprint density at radius 3 is 1.43 bits per heavy atom. The Morgan fingerprint density at radius 1 is 0.650 bits per heavy atom. The number of halogens is 2. The number of fused-ring (bicyclic) bond motifs is 2. The molecule has 0 fully saturated rings. The molecule has 6 rings (SSSR count). The van der Waals surface area contributed by atoms with Crippen molar-refractivity contribution in [3.63, 3.8) is 0 Å². The smallest absolute Gasteiger partial charge is 0.333 e. The van der Waals surface area contributed by atoms with Gasteiger partial charge in [0.1, 0.15) is 24.6 Å². The highest BCUT2D eigenvalue weighted by atomic mass is 35.5. The van der Waals surface area contributed by atoms with Gasteiger partial charge in [0.2, 0.25) is 0 Å². The van der Waals surface area contributed by atoms with E-state index in [0.717, 1.165) is 23.3 Å². The van der Waals surface area contributed by atoms with Crippen molar-refractivity contribution in [1.82, 2.24) is 9.80 Å². The van der Waals surface area contributed by atoms with E-state index in [1.54, 1.807) is 26.4 Å². The molecule has 0 bridgehead atoms. The molecule has 2 atom stereocenters. The number of aliphatic imine (C=N–C) groups is 2. The number of esters is 2. The fraction of sp³-hybridized carbons (Fsp3) is 0.318. The second-order valence-corrected chi connectivity index (χ2v) is 17.9. The minimum Gasteiger partial charge on any atom is -0.496 e. The van der Waals surface area contributed by atoms with Crippen LogP contribution in [0, 0.1) is 0 Å². The normalized spacial score (nSPS) is 18.6. The van der Waals surface area contributed by atoms with Gasteiger partial charge in [-0.3, -0.25) is 9.98 Å². The molecule has 4 aromatic carbocycles. The van der Waals surface area contributed by atoms with Crippen molar-refractivity contribution in [2.24, 2.45) is 9.98 Å². The molecule has 12 nitrogen and oxygen atoms in total. The summed E-state index contributed by atoms with van der Waals surface area (Å²) in [5, 5.41) is 5.23. The van der Waals surface area contributed by atoms with E-state index in [-0.39, 0.29) is 13.1 Å². The number of anilines is 2. The molecule has 0 saturated heterocycles. The van der Waals surface area contributed by atoms with Gasteiger partial charge in [0, 0.05) is 80.4 Å². The number of rotatable bonds is 16. The maximum Gasteiger partial charge on any atom is 0.333 e. The average Bonchev–Trinajstić information content (AvgIpc) is 3.47. The number of ether oxygens (including phenoxy) is 4. The highest BCUT2D eigenvalue weighted by Crippen LogP contribution is 2.39. The topological polar surface area (TPSA) is 126 Å². The van der Waals surface area contributed by atoms with Gasteiger partial charge in [-0.2, -0.15) is 0 Å². The average molecular weight is 892 g/mol. The second kappa shape index (κ2) is 20.2. The largest absolute Gasteiger partial charge is 0.496 e. The van der Waals surface area contributed by atoms with E-state index in [0.29, 0.717) is 80.1 Å². The molecule has 316 valence electrons. The van der Waals surface area contributed by atoms with Gasteiger partial charge in [0.05, 0.1) is 25.6 Å². The van der Waals surface area contributed by atoms with Crippen molar-refractivity contribution >= 4 is 81.5 Å². The Kier molecular flexibility index (Phi) is 15.1. The van der Waals surface area contributed by atoms with Crippen LogP contribution in [0.2, 0.25) is 10.0 Å². The number of benzodiazepines with no additional fused rings is 2. The summed E-state index contributed by atoms with van der Waals surface area (Å²) in [6, 6.07) is 25.9. The lowest BCUT2D eigenvalue weighted by molar-refractivity contribution is -0.146. The van der Waals surface area contributed by atoms with E-state index in [2.05, 4.69) is 10.6 Å². The van der Waals surface area contributed by atoms with Gasteiger partial charge in [-0.25, -0.2) is 9.59 Å². The molecule has 0 saturated carbocycles. The summed E-state index contributed by atoms with van der Waals surface area (Å²) in [7, 11) is 11.1. The molecule has 2 heterocycles. The second-order valence-electron chi connectivity index (χ2n) is 14.3. The summed E-state index contributed by atoms with van der Waals surface area (Å²) < 4.78 is 23.9. The van der Waals surface area contributed by atoms with Gasteiger partial charge in [-0.15, -0.1) is 0 Å². The summed E-state index contributed by atoms with van der Waals surface area (Å²) >= 11 is 15.8. The fourth-order valence-electron chi connectivity index (χ4n) is 6.46. The third kappa shape index (κ3) is 11.2. The number of hydrogen-bond acceptors (Lipinski definition) is 14. The minimum absolute atomic E-state index is 0.0281. The van der Waals surface area contributed by atoms with Crippen molar-refractivity contribution < 1.29 is 28.5 Å². The Labute approximate surface area is 369 Å². The molecule has 0 radical (unpaired) electrons. The zero-order valence-corrected chi connectivity index (χ0v) is 37.4. The van der Waals surface area contributed by atoms with Crippen molar-refractivity contribution in [2.45, 2.75) is 10.1 Å². The first-order valence-corrected chi connectivity index (χ1v) is 21.8. The molecule has 60 heavy (non-hydrogen) atoms. The lowest BCUT2D eigenvalue weighted by atomic mass is 10.00. The zero-order valence-electron chi connectivity index (χ0n) is 34.3. The van der Waals surface area contributed by atoms with E-state index >= 15 is 0 Å². The molecule has 0 aromatic heterocycles. The van der Waals surface area contributed by atoms with Gasteiger partial charge in [-0.1, -0.05) is 71.0 Å². The number of nitrogens with zero attached hydrogens (tertiary/aromatic N) is 4. The van der Waals surface area contributed by atoms with Crippen molar-refractivity contribution in [2.75, 3.05) is 90.7 Å². The lowest BCUT2D eigenvalue weighted by Crippen LogP contribution is -2.43. The molecule has 4 aromatic rings. The summed E-state index contributed by atoms with van der Waals surface area (Å²) in [5.41, 5.74) is 5.48. The van der Waals surface area contributed by atoms with E-state index in [1.807, 2.05) is 111 Å². The van der Waals surface area contributed by atoms with Crippen LogP contribution < -0.4 is 20.1 Å². The number of carbonyl (C=O) groups excluding carboxylic acids is 2. The molecule has 2 N–H and O–H groups in total. The summed E-state index contributed by atoms with van der Waals surface area (Å²) in [4.78, 5) is 41.8. The summed E-state index contributed by atoms with van der Waals surface area (Å²) in [6.07, 6.45) is 2.14. The Bertz CT molecular complexity index is 2130. The molecule has 2 aliphatic rings. The maximum absolute atomic E-state index is 13.8. The SMILES string of the molecule is COc1ccccc1C1=NCC(OC(=O)/C=C\C(=O)OC2(SCCN(C)C)CN=C(c3ccccc3OC)c3cc(Cl)ccc3N2)(SCCN(C)C)Nc2ccc(Cl)cc21. The predicted octanol–water partition coefficient (Wildman–Crippen LogP) is 7.78. The Morgan fingerprint density at radius 2 is 1.05 bits per heavy atom. The highest BCUT2D eigenvalue weighted by molar-refractivity contribution is 8.00. The van der Waals surface area contributed by atoms with E-state index in [1.165, 1.54) is 23.5 Å². The molecule has 2 unspecified atom stereocenters. The quantitative estimate of drug-likeness (QED) is 0.0649. The molecule has 0 aliphatic carbocycles. The number of carbonyl (C=O) groups is 2. The molecule has 16 heteroatoms. The number of para-hydroxylation sites is 2. The first kappa shape index (κ1) is 44.8. The van der Waals surface area contributed by atoms with Crippen LogP contribution in [0.1, 0.15) is 22.3 Å². The van der Waals surface area contributed by atoms with Gasteiger partial charge in [0.25, 0.3) is 10.1 Å². The number of thioether (sulfide) groups is 2. The van der Waals surface area contributed by atoms with Crippen molar-refractivity contribution in [3.05, 3.63) is 129 Å². The van der Waals surface area contributed by atoms with Crippen LogP contribution in [-0.2, 0) is 19.1 Å². The number of nitrogens with one attached hydrogen (secondary N) is 2. The standard InChI is InChI=1S/C44H48Cl2N6O6S2/c1-51(2)21-23-59-43(27-47-41(31-11-7-9-13-37(31)55-5)33-25-29(45)15-17-35(33)49-43)57-39(53)19-20-40(54)58-44(60-24-22-52(3)4)28-48-42(32-12-8-10-14-38(32)56-6)34-26-30(46)16-18-36(34)50-44/h7-20,25-26,49-50H,21-24,27-28H2,1-6H3/b20-19-. The van der Waals surface area contributed by atoms with Crippen LogP contribution >= 0.6 is 46.7 Å². The molecular formula is C44H48Cl2N6O6S2. The summed E-state index contributed by atoms with van der Waals surface area (Å²) in [5.74, 6) is 0.880. The lowest BCUT2D eigenvalue weighted by Gasteiger charge is -2.33. The van der Waals surface area contributed by atoms with Gasteiger partial charge in [-0.05, 0) is 88.9 Å². The third-order valence-electron chi connectivity index (χ3n) is 9.37. The van der Waals surface area contributed by atoms with Crippen LogP contribution in [0.4, 0.5) is 11.4 Å². The molecule has 2 aliphatic heterocycles. The Balaban J connectivity index is 1.30. The number of hydrogen-bond donors (Lipinski definition) is 2. The third-order valence-corrected chi connectivity index (χ3v) is 12.2. The Hall–Kier alpha value is -4.70. The highest BCUT2D eigenvalue weighted by Gasteiger charge is 2.40. The monoisotopic (exact) mass is 890 g/mol. The minimum atomic E-state index is -1.37. The molecule has 0 amide bonds. The predicted molar refractivity (Wildman–Crippen MR) is 246 cm³/mol. The van der Waals surface area contributed by atoms with E-state index in [4.69, 9.17) is 52.1 Å².